The van der Waals surface area contributed by atoms with Crippen LogP contribution >= 0.6 is 0 Å². The molecular weight excluding hydrogens is 94.0 g/mol. The van der Waals surface area contributed by atoms with Crippen molar-refractivity contribution in [2.45, 2.75) is 0 Å². The second kappa shape index (κ2) is 1.40. The molecule has 1 saturated heterocycles. The van der Waals surface area contributed by atoms with Crippen molar-refractivity contribution in [1.82, 2.24) is 4.90 Å². The molecule has 0 saturated carbocycles. The van der Waals surface area contributed by atoms with E-state index in [1.54, 1.807) is 0 Å². The molecule has 0 spiro atoms. The number of carboxylic acid groups (broad SMARTS) is 1. The summed E-state index contributed by atoms with van der Waals surface area (Å²) in [7, 11) is 0. The van der Waals surface area contributed by atoms with Crippen molar-refractivity contribution in [3.05, 3.63) is 6.42 Å². The monoisotopic (exact) mass is 100 g/mol. The SMILES string of the molecule is O=C(O)N1C[CH]C1. The van der Waals surface area contributed by atoms with Crippen LogP contribution in [0.1, 0.15) is 0 Å². The molecule has 1 fully saturated rings. The first-order chi connectivity index (χ1) is 3.30. The van der Waals surface area contributed by atoms with Crippen LogP contribution in [0.5, 0.6) is 0 Å². The van der Waals surface area contributed by atoms with E-state index in [2.05, 4.69) is 0 Å². The van der Waals surface area contributed by atoms with Crippen molar-refractivity contribution in [2.75, 3.05) is 13.1 Å². The van der Waals surface area contributed by atoms with Crippen LogP contribution in [0.2, 0.25) is 0 Å². The zero-order valence-corrected chi connectivity index (χ0v) is 3.79. The van der Waals surface area contributed by atoms with Crippen molar-refractivity contribution < 1.29 is 9.90 Å². The molecule has 0 atom stereocenters. The van der Waals surface area contributed by atoms with Gasteiger partial charge in [0.05, 0.1) is 0 Å². The van der Waals surface area contributed by atoms with E-state index in [-0.39, 0.29) is 0 Å². The van der Waals surface area contributed by atoms with E-state index in [9.17, 15) is 4.79 Å². The lowest BCUT2D eigenvalue weighted by atomic mass is 10.2. The van der Waals surface area contributed by atoms with Crippen LogP contribution in [0.15, 0.2) is 0 Å². The largest absolute Gasteiger partial charge is 0.465 e. The Balaban J connectivity index is 2.27. The normalized spacial score (nSPS) is 18.6. The summed E-state index contributed by atoms with van der Waals surface area (Å²) in [5, 5.41) is 8.14. The van der Waals surface area contributed by atoms with Crippen molar-refractivity contribution in [3.8, 4) is 0 Å². The number of hydrogen-bond acceptors (Lipinski definition) is 1. The van der Waals surface area contributed by atoms with Gasteiger partial charge in [-0.05, 0) is 0 Å². The summed E-state index contributed by atoms with van der Waals surface area (Å²) in [5.74, 6) is 0. The predicted molar refractivity (Wildman–Crippen MR) is 23.9 cm³/mol. The Kier molecular flexibility index (Phi) is 0.889. The maximum atomic E-state index is 9.89. The van der Waals surface area contributed by atoms with E-state index in [0.29, 0.717) is 13.1 Å². The highest BCUT2D eigenvalue weighted by atomic mass is 16.4. The molecule has 1 aliphatic rings. The molecule has 0 unspecified atom stereocenters. The Bertz CT molecular complexity index is 87.7. The van der Waals surface area contributed by atoms with E-state index in [0.717, 1.165) is 0 Å². The van der Waals surface area contributed by atoms with E-state index >= 15 is 0 Å². The van der Waals surface area contributed by atoms with Gasteiger partial charge in [-0.25, -0.2) is 4.79 Å². The summed E-state index contributed by atoms with van der Waals surface area (Å²) in [6.07, 6.45) is 1.09. The number of amides is 1. The predicted octanol–water partition coefficient (Wildman–Crippen LogP) is 0.184. The Morgan fingerprint density at radius 1 is 1.71 bits per heavy atom. The molecular formula is C4H6NO2. The topological polar surface area (TPSA) is 40.5 Å². The zero-order valence-electron chi connectivity index (χ0n) is 3.79. The molecule has 0 aliphatic carbocycles. The van der Waals surface area contributed by atoms with Gasteiger partial charge in [-0.2, -0.15) is 0 Å². The highest BCUT2D eigenvalue weighted by Gasteiger charge is 2.18. The minimum atomic E-state index is -0.817. The highest BCUT2D eigenvalue weighted by Crippen LogP contribution is 2.02. The molecule has 39 valence electrons. The minimum Gasteiger partial charge on any atom is -0.465 e. The summed E-state index contributed by atoms with van der Waals surface area (Å²) in [4.78, 5) is 11.2. The first-order valence-corrected chi connectivity index (χ1v) is 2.10. The van der Waals surface area contributed by atoms with E-state index < -0.39 is 6.09 Å². The molecule has 3 heteroatoms. The number of hydrogen-bond donors (Lipinski definition) is 1. The summed E-state index contributed by atoms with van der Waals surface area (Å²) in [6.45, 7) is 1.21. The number of likely N-dealkylation sites (tertiary alicyclic amines) is 1. The number of carbonyl (C=O) groups is 1. The lowest BCUT2D eigenvalue weighted by Gasteiger charge is -2.26. The van der Waals surface area contributed by atoms with E-state index in [1.165, 1.54) is 4.90 Å². The average molecular weight is 100 g/mol. The summed E-state index contributed by atoms with van der Waals surface area (Å²) in [6, 6.07) is 0. The Morgan fingerprint density at radius 3 is 2.29 bits per heavy atom. The number of rotatable bonds is 0. The fourth-order valence-electron chi connectivity index (χ4n) is 0.414. The molecule has 0 aromatic rings. The molecule has 0 aromatic carbocycles. The zero-order chi connectivity index (χ0) is 5.28. The summed E-state index contributed by atoms with van der Waals surface area (Å²) >= 11 is 0. The first kappa shape index (κ1) is 4.43. The van der Waals surface area contributed by atoms with Gasteiger partial charge in [-0.3, -0.25) is 0 Å². The lowest BCUT2D eigenvalue weighted by molar-refractivity contribution is 0.136. The Hall–Kier alpha value is -0.730. The van der Waals surface area contributed by atoms with Crippen LogP contribution < -0.4 is 0 Å². The van der Waals surface area contributed by atoms with E-state index in [4.69, 9.17) is 5.11 Å². The van der Waals surface area contributed by atoms with Crippen LogP contribution in [-0.4, -0.2) is 29.2 Å². The van der Waals surface area contributed by atoms with Gasteiger partial charge in [-0.15, -0.1) is 0 Å². The molecule has 0 aromatic heterocycles. The van der Waals surface area contributed by atoms with E-state index in [1.807, 2.05) is 6.42 Å². The Morgan fingerprint density at radius 2 is 2.29 bits per heavy atom. The molecule has 1 heterocycles. The van der Waals surface area contributed by atoms with Crippen LogP contribution in [0.25, 0.3) is 0 Å². The van der Waals surface area contributed by atoms with Gasteiger partial charge in [0.1, 0.15) is 0 Å². The third-order valence-electron chi connectivity index (χ3n) is 0.969. The van der Waals surface area contributed by atoms with Gasteiger partial charge in [0.25, 0.3) is 0 Å². The first-order valence-electron chi connectivity index (χ1n) is 2.10. The van der Waals surface area contributed by atoms with Crippen molar-refractivity contribution >= 4 is 6.09 Å². The van der Waals surface area contributed by atoms with Gasteiger partial charge in [0, 0.05) is 19.5 Å². The van der Waals surface area contributed by atoms with Crippen LogP contribution in [0.4, 0.5) is 4.79 Å². The molecule has 0 bridgehead atoms. The lowest BCUT2D eigenvalue weighted by Crippen LogP contribution is -2.41. The smallest absolute Gasteiger partial charge is 0.407 e. The quantitative estimate of drug-likeness (QED) is 0.472. The molecule has 1 rings (SSSR count). The Labute approximate surface area is 41.5 Å². The second-order valence-electron chi connectivity index (χ2n) is 1.48. The third kappa shape index (κ3) is 0.656. The third-order valence-corrected chi connectivity index (χ3v) is 0.969. The second-order valence-corrected chi connectivity index (χ2v) is 1.48. The molecule has 1 aliphatic heterocycles. The van der Waals surface area contributed by atoms with Gasteiger partial charge < -0.3 is 10.0 Å². The van der Waals surface area contributed by atoms with Crippen molar-refractivity contribution in [1.29, 1.82) is 0 Å². The molecule has 7 heavy (non-hydrogen) atoms. The van der Waals surface area contributed by atoms with Crippen molar-refractivity contribution in [2.24, 2.45) is 0 Å². The van der Waals surface area contributed by atoms with Crippen LogP contribution in [0, 0.1) is 6.42 Å². The standard InChI is InChI=1S/C4H6NO2/c6-4(7)5-2-1-3-5/h1H,2-3H2,(H,6,7). The van der Waals surface area contributed by atoms with Gasteiger partial charge in [0.15, 0.2) is 0 Å². The molecule has 1 amide bonds. The molecule has 1 radical (unpaired) electrons. The molecule has 3 nitrogen and oxygen atoms in total. The maximum Gasteiger partial charge on any atom is 0.407 e. The molecule has 1 N–H and O–H groups in total. The van der Waals surface area contributed by atoms with Gasteiger partial charge in [0.2, 0.25) is 0 Å². The summed E-state index contributed by atoms with van der Waals surface area (Å²) < 4.78 is 0. The highest BCUT2D eigenvalue weighted by molar-refractivity contribution is 5.66. The fraction of sp³-hybridized carbons (Fsp3) is 0.500. The summed E-state index contributed by atoms with van der Waals surface area (Å²) in [5.41, 5.74) is 0. The fourth-order valence-corrected chi connectivity index (χ4v) is 0.414. The number of nitrogens with zero attached hydrogens (tertiary/aromatic N) is 1. The van der Waals surface area contributed by atoms with Crippen LogP contribution in [-0.2, 0) is 0 Å². The van der Waals surface area contributed by atoms with Gasteiger partial charge >= 0.3 is 6.09 Å². The minimum absolute atomic E-state index is 0.606. The van der Waals surface area contributed by atoms with Crippen LogP contribution in [0.3, 0.4) is 0 Å². The van der Waals surface area contributed by atoms with Gasteiger partial charge in [-0.1, -0.05) is 0 Å². The average Bonchev–Trinajstić information content (AvgIpc) is 1.23. The maximum absolute atomic E-state index is 9.89. The van der Waals surface area contributed by atoms with Crippen molar-refractivity contribution in [3.63, 3.8) is 0 Å².